The molecule has 1 amide bonds. The highest BCUT2D eigenvalue weighted by Crippen LogP contribution is 2.48. The van der Waals surface area contributed by atoms with Crippen molar-refractivity contribution in [2.75, 3.05) is 20.2 Å². The summed E-state index contributed by atoms with van der Waals surface area (Å²) in [6, 6.07) is 14.7. The minimum absolute atomic E-state index is 0.0234. The number of fused-ring (bicyclic) bond motifs is 1. The molecular formula is C17H19NO2. The fourth-order valence-corrected chi connectivity index (χ4v) is 2.82. The number of aliphatic hydroxyl groups is 1. The summed E-state index contributed by atoms with van der Waals surface area (Å²) in [5.41, 5.74) is 1.25. The first-order valence-corrected chi connectivity index (χ1v) is 7.05. The lowest BCUT2D eigenvalue weighted by atomic mass is 10.0. The number of carbonyl (C=O) groups is 1. The summed E-state index contributed by atoms with van der Waals surface area (Å²) in [5, 5.41) is 11.4. The molecule has 1 N–H and O–H groups in total. The predicted octanol–water partition coefficient (Wildman–Crippen LogP) is 2.39. The highest BCUT2D eigenvalue weighted by molar-refractivity contribution is 5.85. The van der Waals surface area contributed by atoms with E-state index in [1.807, 2.05) is 12.1 Å². The van der Waals surface area contributed by atoms with E-state index < -0.39 is 0 Å². The van der Waals surface area contributed by atoms with Crippen LogP contribution in [0.1, 0.15) is 17.9 Å². The molecule has 3 heteroatoms. The van der Waals surface area contributed by atoms with Crippen LogP contribution in [0.3, 0.4) is 0 Å². The molecule has 20 heavy (non-hydrogen) atoms. The highest BCUT2D eigenvalue weighted by Gasteiger charge is 2.45. The van der Waals surface area contributed by atoms with Crippen LogP contribution in [0.25, 0.3) is 10.8 Å². The Bertz CT molecular complexity index is 638. The number of carbonyl (C=O) groups excluding carboxylic acids is 1. The van der Waals surface area contributed by atoms with Crippen molar-refractivity contribution in [3.8, 4) is 0 Å². The normalized spacial score (nSPS) is 20.9. The van der Waals surface area contributed by atoms with Crippen LogP contribution < -0.4 is 0 Å². The lowest BCUT2D eigenvalue weighted by molar-refractivity contribution is -0.131. The van der Waals surface area contributed by atoms with Gasteiger partial charge in [0.2, 0.25) is 5.91 Å². The van der Waals surface area contributed by atoms with E-state index >= 15 is 0 Å². The Balaban J connectivity index is 1.76. The van der Waals surface area contributed by atoms with Gasteiger partial charge in [-0.25, -0.2) is 0 Å². The van der Waals surface area contributed by atoms with E-state index in [-0.39, 0.29) is 18.4 Å². The first kappa shape index (κ1) is 13.1. The Hall–Kier alpha value is -1.87. The van der Waals surface area contributed by atoms with E-state index in [0.717, 1.165) is 6.42 Å². The molecule has 2 unspecified atom stereocenters. The van der Waals surface area contributed by atoms with E-state index in [9.17, 15) is 4.79 Å². The van der Waals surface area contributed by atoms with Gasteiger partial charge in [0.15, 0.2) is 0 Å². The lowest BCUT2D eigenvalue weighted by Gasteiger charge is -2.15. The third-order valence-electron chi connectivity index (χ3n) is 4.12. The van der Waals surface area contributed by atoms with Crippen molar-refractivity contribution in [2.24, 2.45) is 5.92 Å². The summed E-state index contributed by atoms with van der Waals surface area (Å²) in [4.78, 5) is 13.8. The smallest absolute Gasteiger partial charge is 0.226 e. The van der Waals surface area contributed by atoms with E-state index in [2.05, 4.69) is 30.3 Å². The zero-order valence-electron chi connectivity index (χ0n) is 11.6. The van der Waals surface area contributed by atoms with E-state index in [4.69, 9.17) is 5.11 Å². The van der Waals surface area contributed by atoms with Gasteiger partial charge in [-0.15, -0.1) is 0 Å². The molecule has 1 saturated carbocycles. The van der Waals surface area contributed by atoms with E-state index in [1.54, 1.807) is 11.9 Å². The number of rotatable bonds is 4. The monoisotopic (exact) mass is 269 g/mol. The molecular weight excluding hydrogens is 250 g/mol. The van der Waals surface area contributed by atoms with Crippen LogP contribution in [-0.4, -0.2) is 36.1 Å². The molecule has 2 aromatic carbocycles. The van der Waals surface area contributed by atoms with Crippen LogP contribution >= 0.6 is 0 Å². The average molecular weight is 269 g/mol. The zero-order valence-corrected chi connectivity index (χ0v) is 11.6. The topological polar surface area (TPSA) is 40.5 Å². The second kappa shape index (κ2) is 5.25. The maximum atomic E-state index is 12.2. The molecule has 104 valence electrons. The number of benzene rings is 2. The van der Waals surface area contributed by atoms with Gasteiger partial charge in [-0.05, 0) is 28.7 Å². The van der Waals surface area contributed by atoms with Crippen molar-refractivity contribution >= 4 is 16.7 Å². The molecule has 0 saturated heterocycles. The van der Waals surface area contributed by atoms with Crippen LogP contribution in [0.15, 0.2) is 42.5 Å². The molecule has 1 fully saturated rings. The quantitative estimate of drug-likeness (QED) is 0.926. The van der Waals surface area contributed by atoms with Gasteiger partial charge in [0.05, 0.1) is 6.61 Å². The lowest BCUT2D eigenvalue weighted by Crippen LogP contribution is -2.31. The van der Waals surface area contributed by atoms with E-state index in [0.29, 0.717) is 12.5 Å². The molecule has 3 rings (SSSR count). The van der Waals surface area contributed by atoms with Crippen molar-refractivity contribution in [3.63, 3.8) is 0 Å². The Morgan fingerprint density at radius 1 is 1.25 bits per heavy atom. The molecule has 2 atom stereocenters. The molecule has 0 aliphatic heterocycles. The van der Waals surface area contributed by atoms with Gasteiger partial charge in [0.1, 0.15) is 0 Å². The fraction of sp³-hybridized carbons (Fsp3) is 0.353. The van der Waals surface area contributed by atoms with Crippen molar-refractivity contribution < 1.29 is 9.90 Å². The van der Waals surface area contributed by atoms with Gasteiger partial charge in [0.25, 0.3) is 0 Å². The Kier molecular flexibility index (Phi) is 3.45. The second-order valence-electron chi connectivity index (χ2n) is 5.54. The van der Waals surface area contributed by atoms with Gasteiger partial charge in [-0.3, -0.25) is 4.79 Å². The molecule has 2 aromatic rings. The number of amides is 1. The highest BCUT2D eigenvalue weighted by atomic mass is 16.3. The van der Waals surface area contributed by atoms with Gasteiger partial charge < -0.3 is 10.0 Å². The fourth-order valence-electron chi connectivity index (χ4n) is 2.82. The summed E-state index contributed by atoms with van der Waals surface area (Å²) in [6.07, 6.45) is 0.924. The Labute approximate surface area is 118 Å². The first-order valence-electron chi connectivity index (χ1n) is 7.05. The minimum Gasteiger partial charge on any atom is -0.395 e. The summed E-state index contributed by atoms with van der Waals surface area (Å²) in [7, 11) is 1.76. The predicted molar refractivity (Wildman–Crippen MR) is 79.5 cm³/mol. The van der Waals surface area contributed by atoms with Gasteiger partial charge >= 0.3 is 0 Å². The van der Waals surface area contributed by atoms with Crippen molar-refractivity contribution in [1.29, 1.82) is 0 Å². The maximum Gasteiger partial charge on any atom is 0.226 e. The van der Waals surface area contributed by atoms with Crippen LogP contribution in [0, 0.1) is 5.92 Å². The molecule has 0 aromatic heterocycles. The molecule has 0 heterocycles. The number of nitrogens with zero attached hydrogens (tertiary/aromatic N) is 1. The number of hydrogen-bond acceptors (Lipinski definition) is 2. The number of likely N-dealkylation sites (N-methyl/N-ethyl adjacent to an activating group) is 1. The largest absolute Gasteiger partial charge is 0.395 e. The molecule has 1 aliphatic carbocycles. The molecule has 3 nitrogen and oxygen atoms in total. The number of aliphatic hydroxyl groups excluding tert-OH is 1. The van der Waals surface area contributed by atoms with Gasteiger partial charge in [-0.1, -0.05) is 42.5 Å². The van der Waals surface area contributed by atoms with E-state index in [1.165, 1.54) is 16.3 Å². The van der Waals surface area contributed by atoms with Crippen LogP contribution in [-0.2, 0) is 4.79 Å². The third-order valence-corrected chi connectivity index (χ3v) is 4.12. The maximum absolute atomic E-state index is 12.2. The van der Waals surface area contributed by atoms with Crippen LogP contribution in [0.5, 0.6) is 0 Å². The second-order valence-corrected chi connectivity index (χ2v) is 5.54. The standard InChI is InChI=1S/C17H19NO2/c1-18(8-9-19)17(20)16-11-15(16)14-7-6-12-4-2-3-5-13(12)10-14/h2-7,10,15-16,19H,8-9,11H2,1H3. The summed E-state index contributed by atoms with van der Waals surface area (Å²) in [6.45, 7) is 0.440. The van der Waals surface area contributed by atoms with Crippen molar-refractivity contribution in [1.82, 2.24) is 4.90 Å². The van der Waals surface area contributed by atoms with Gasteiger partial charge in [-0.2, -0.15) is 0 Å². The SMILES string of the molecule is CN(CCO)C(=O)C1CC1c1ccc2ccccc2c1. The Morgan fingerprint density at radius 3 is 2.75 bits per heavy atom. The molecule has 1 aliphatic rings. The van der Waals surface area contributed by atoms with Crippen LogP contribution in [0.2, 0.25) is 0 Å². The molecule has 0 spiro atoms. The third kappa shape index (κ3) is 2.41. The summed E-state index contributed by atoms with van der Waals surface area (Å²) in [5.74, 6) is 0.582. The summed E-state index contributed by atoms with van der Waals surface area (Å²) >= 11 is 0. The van der Waals surface area contributed by atoms with Crippen LogP contribution in [0.4, 0.5) is 0 Å². The van der Waals surface area contributed by atoms with Crippen molar-refractivity contribution in [3.05, 3.63) is 48.0 Å². The number of hydrogen-bond donors (Lipinski definition) is 1. The average Bonchev–Trinajstić information content (AvgIpc) is 3.26. The Morgan fingerprint density at radius 2 is 2.00 bits per heavy atom. The first-order chi connectivity index (χ1) is 9.70. The summed E-state index contributed by atoms with van der Waals surface area (Å²) < 4.78 is 0. The zero-order chi connectivity index (χ0) is 14.1. The molecule has 0 radical (unpaired) electrons. The van der Waals surface area contributed by atoms with Gasteiger partial charge in [0, 0.05) is 19.5 Å². The molecule has 0 bridgehead atoms. The van der Waals surface area contributed by atoms with Crippen molar-refractivity contribution in [2.45, 2.75) is 12.3 Å². The minimum atomic E-state index is 0.0234.